The molecule has 2 heterocycles. The summed E-state index contributed by atoms with van der Waals surface area (Å²) in [7, 11) is -4.63. The molecule has 0 saturated heterocycles. The maximum Gasteiger partial charge on any atom is 0.469 e. The van der Waals surface area contributed by atoms with E-state index in [1.54, 1.807) is 6.92 Å². The van der Waals surface area contributed by atoms with E-state index in [0.717, 1.165) is 35.8 Å². The molecule has 2 aromatic heterocycles. The first-order valence-electron chi connectivity index (χ1n) is 11.4. The average molecular weight is 508 g/mol. The lowest BCUT2D eigenvalue weighted by Gasteiger charge is -2.25. The van der Waals surface area contributed by atoms with Crippen molar-refractivity contribution in [2.24, 2.45) is 11.7 Å². The van der Waals surface area contributed by atoms with Crippen LogP contribution in [0.3, 0.4) is 0 Å². The molecule has 10 nitrogen and oxygen atoms in total. The van der Waals surface area contributed by atoms with E-state index in [2.05, 4.69) is 31.8 Å². The Hall–Kier alpha value is -2.01. The van der Waals surface area contributed by atoms with Crippen molar-refractivity contribution in [3.63, 3.8) is 0 Å². The minimum atomic E-state index is -4.63. The third-order valence-electron chi connectivity index (χ3n) is 6.17. The van der Waals surface area contributed by atoms with Gasteiger partial charge in [-0.25, -0.2) is 4.57 Å². The number of hydrogen-bond donors (Lipinski definition) is 3. The summed E-state index contributed by atoms with van der Waals surface area (Å²) in [6.07, 6.45) is 7.19. The number of nitrogens with two attached hydrogens (primary N) is 1. The Bertz CT molecular complexity index is 1130. The molecule has 1 aliphatic carbocycles. The summed E-state index contributed by atoms with van der Waals surface area (Å²) >= 11 is 1.24. The van der Waals surface area contributed by atoms with Gasteiger partial charge in [0.05, 0.1) is 12.1 Å². The molecule has 0 amide bonds. The van der Waals surface area contributed by atoms with Gasteiger partial charge in [0, 0.05) is 17.0 Å². The van der Waals surface area contributed by atoms with E-state index in [-0.39, 0.29) is 6.61 Å². The van der Waals surface area contributed by atoms with Crippen molar-refractivity contribution in [1.82, 2.24) is 20.3 Å². The highest BCUT2D eigenvalue weighted by molar-refractivity contribution is 7.46. The SMILES string of the molecule is CCCC1CCC(c2nc(-c3ccc(-c4nnc([C@@](C)(N)COP(=O)(O)O)s4)cc3)no2)CC1. The summed E-state index contributed by atoms with van der Waals surface area (Å²) in [6, 6.07) is 7.60. The third kappa shape index (κ3) is 6.16. The Morgan fingerprint density at radius 2 is 1.85 bits per heavy atom. The zero-order valence-electron chi connectivity index (χ0n) is 19.3. The third-order valence-corrected chi connectivity index (χ3v) is 7.89. The van der Waals surface area contributed by atoms with Gasteiger partial charge in [0.1, 0.15) is 10.0 Å². The Balaban J connectivity index is 1.41. The van der Waals surface area contributed by atoms with Crippen molar-refractivity contribution >= 4 is 19.2 Å². The number of phosphoric ester groups is 1. The minimum Gasteiger partial charge on any atom is -0.339 e. The summed E-state index contributed by atoms with van der Waals surface area (Å²) in [5.41, 5.74) is 6.63. The van der Waals surface area contributed by atoms with Gasteiger partial charge in [-0.15, -0.1) is 10.2 Å². The van der Waals surface area contributed by atoms with Gasteiger partial charge < -0.3 is 20.0 Å². The number of aromatic nitrogens is 4. The van der Waals surface area contributed by atoms with Crippen molar-refractivity contribution in [2.75, 3.05) is 6.61 Å². The molecule has 4 rings (SSSR count). The highest BCUT2D eigenvalue weighted by Gasteiger charge is 2.30. The molecule has 0 unspecified atom stereocenters. The first-order chi connectivity index (χ1) is 16.1. The van der Waals surface area contributed by atoms with Gasteiger partial charge in [0.15, 0.2) is 0 Å². The maximum atomic E-state index is 11.0. The van der Waals surface area contributed by atoms with Gasteiger partial charge in [0.2, 0.25) is 11.7 Å². The van der Waals surface area contributed by atoms with Crippen LogP contribution in [0.15, 0.2) is 28.8 Å². The Labute approximate surface area is 202 Å². The highest BCUT2D eigenvalue weighted by Crippen LogP contribution is 2.39. The zero-order valence-corrected chi connectivity index (χ0v) is 21.0. The van der Waals surface area contributed by atoms with E-state index in [1.165, 1.54) is 37.0 Å². The molecule has 1 aliphatic rings. The van der Waals surface area contributed by atoms with E-state index in [0.29, 0.717) is 21.8 Å². The van der Waals surface area contributed by atoms with Gasteiger partial charge in [-0.2, -0.15) is 4.98 Å². The van der Waals surface area contributed by atoms with Gasteiger partial charge in [0.25, 0.3) is 0 Å². The molecular weight excluding hydrogens is 477 g/mol. The van der Waals surface area contributed by atoms with Crippen molar-refractivity contribution in [1.29, 1.82) is 0 Å². The summed E-state index contributed by atoms with van der Waals surface area (Å²) in [4.78, 5) is 22.5. The van der Waals surface area contributed by atoms with Crippen LogP contribution in [0.4, 0.5) is 0 Å². The monoisotopic (exact) mass is 507 g/mol. The van der Waals surface area contributed by atoms with Gasteiger partial charge in [-0.1, -0.05) is 60.5 Å². The molecule has 1 aromatic carbocycles. The molecule has 3 aromatic rings. The van der Waals surface area contributed by atoms with Gasteiger partial charge in [-0.3, -0.25) is 4.52 Å². The fraction of sp³-hybridized carbons (Fsp3) is 0.545. The van der Waals surface area contributed by atoms with Gasteiger partial charge >= 0.3 is 7.82 Å². The Kier molecular flexibility index (Phi) is 7.61. The molecule has 12 heteroatoms. The standard InChI is InChI=1S/C22H30N5O5PS/c1-3-4-14-5-7-16(8-6-14)19-24-18(27-32-19)15-9-11-17(12-10-15)20-25-26-21(34-20)22(2,23)13-31-33(28,29)30/h9-12,14,16H,3-8,13,23H2,1-2H3,(H2,28,29,30)/t14?,16?,22-/m0/s1. The normalized spacial score (nSPS) is 20.9. The Morgan fingerprint density at radius 3 is 2.50 bits per heavy atom. The quantitative estimate of drug-likeness (QED) is 0.349. The predicted molar refractivity (Wildman–Crippen MR) is 128 cm³/mol. The molecule has 0 aliphatic heterocycles. The lowest BCUT2D eigenvalue weighted by atomic mass is 9.80. The lowest BCUT2D eigenvalue weighted by Crippen LogP contribution is -2.37. The molecule has 34 heavy (non-hydrogen) atoms. The lowest BCUT2D eigenvalue weighted by molar-refractivity contribution is 0.158. The van der Waals surface area contributed by atoms with Crippen molar-refractivity contribution in [3.8, 4) is 22.0 Å². The van der Waals surface area contributed by atoms with Crippen molar-refractivity contribution in [3.05, 3.63) is 35.2 Å². The summed E-state index contributed by atoms with van der Waals surface area (Å²) in [5, 5.41) is 13.5. The summed E-state index contributed by atoms with van der Waals surface area (Å²) < 4.78 is 21.1. The molecule has 1 fully saturated rings. The second kappa shape index (κ2) is 10.3. The number of nitrogens with zero attached hydrogens (tertiary/aromatic N) is 4. The van der Waals surface area contributed by atoms with Crippen molar-refractivity contribution < 1.29 is 23.4 Å². The van der Waals surface area contributed by atoms with E-state index in [9.17, 15) is 4.57 Å². The smallest absolute Gasteiger partial charge is 0.339 e. The van der Waals surface area contributed by atoms with E-state index in [1.807, 2.05) is 24.3 Å². The molecule has 1 atom stereocenters. The van der Waals surface area contributed by atoms with Crippen LogP contribution in [0.1, 0.15) is 69.2 Å². The predicted octanol–water partition coefficient (Wildman–Crippen LogP) is 4.61. The number of phosphoric acid groups is 1. The fourth-order valence-corrected chi connectivity index (χ4v) is 5.57. The van der Waals surface area contributed by atoms with Crippen LogP contribution in [-0.2, 0) is 14.6 Å². The number of hydrogen-bond acceptors (Lipinski definition) is 9. The van der Waals surface area contributed by atoms with Crippen molar-refractivity contribution in [2.45, 2.75) is 63.8 Å². The van der Waals surface area contributed by atoms with Crippen LogP contribution in [0, 0.1) is 5.92 Å². The first-order valence-corrected chi connectivity index (χ1v) is 13.8. The van der Waals surface area contributed by atoms with Crippen LogP contribution < -0.4 is 5.73 Å². The molecule has 4 N–H and O–H groups in total. The second-order valence-corrected chi connectivity index (χ2v) is 11.4. The van der Waals surface area contributed by atoms with E-state index in [4.69, 9.17) is 20.0 Å². The summed E-state index contributed by atoms with van der Waals surface area (Å²) in [6.45, 7) is 3.44. The second-order valence-electron chi connectivity index (χ2n) is 9.13. The molecule has 0 bridgehead atoms. The van der Waals surface area contributed by atoms with E-state index >= 15 is 0 Å². The number of benzene rings is 1. The Morgan fingerprint density at radius 1 is 1.18 bits per heavy atom. The zero-order chi connectivity index (χ0) is 24.3. The molecule has 184 valence electrons. The fourth-order valence-electron chi connectivity index (χ4n) is 4.24. The average Bonchev–Trinajstić information content (AvgIpc) is 3.49. The van der Waals surface area contributed by atoms with Crippen LogP contribution in [0.25, 0.3) is 22.0 Å². The molecule has 1 saturated carbocycles. The van der Waals surface area contributed by atoms with E-state index < -0.39 is 13.4 Å². The van der Waals surface area contributed by atoms with Crippen LogP contribution in [0.5, 0.6) is 0 Å². The summed E-state index contributed by atoms with van der Waals surface area (Å²) in [5.74, 6) is 2.46. The molecule has 0 radical (unpaired) electrons. The van der Waals surface area contributed by atoms with Gasteiger partial charge in [-0.05, 0) is 38.5 Å². The van der Waals surface area contributed by atoms with Crippen LogP contribution in [0.2, 0.25) is 0 Å². The first kappa shape index (κ1) is 25.1. The highest BCUT2D eigenvalue weighted by atomic mass is 32.1. The topological polar surface area (TPSA) is 157 Å². The van der Waals surface area contributed by atoms with Crippen LogP contribution >= 0.6 is 19.2 Å². The van der Waals surface area contributed by atoms with Crippen LogP contribution in [-0.4, -0.2) is 36.7 Å². The minimum absolute atomic E-state index is 0.341. The molecule has 0 spiro atoms. The molecular formula is C22H30N5O5PS. The number of rotatable bonds is 9. The maximum absolute atomic E-state index is 11.0. The largest absolute Gasteiger partial charge is 0.469 e.